The van der Waals surface area contributed by atoms with Gasteiger partial charge in [-0.1, -0.05) is 6.07 Å². The Morgan fingerprint density at radius 1 is 1.63 bits per heavy atom. The quantitative estimate of drug-likeness (QED) is 0.861. The maximum Gasteiger partial charge on any atom is 0.140 e. The van der Waals surface area contributed by atoms with Gasteiger partial charge in [-0.2, -0.15) is 5.26 Å². The highest BCUT2D eigenvalue weighted by Gasteiger charge is 2.38. The van der Waals surface area contributed by atoms with Crippen LogP contribution >= 0.6 is 0 Å². The van der Waals surface area contributed by atoms with Crippen LogP contribution in [0.2, 0.25) is 0 Å². The lowest BCUT2D eigenvalue weighted by Gasteiger charge is -2.26. The van der Waals surface area contributed by atoms with Crippen molar-refractivity contribution in [2.24, 2.45) is 0 Å². The summed E-state index contributed by atoms with van der Waals surface area (Å²) in [5.41, 5.74) is 0.00153. The van der Waals surface area contributed by atoms with Gasteiger partial charge in [-0.05, 0) is 24.6 Å². The van der Waals surface area contributed by atoms with Crippen molar-refractivity contribution in [3.05, 3.63) is 35.1 Å². The van der Waals surface area contributed by atoms with E-state index in [2.05, 4.69) is 5.32 Å². The largest absolute Gasteiger partial charge is 0.386 e. The topological polar surface area (TPSA) is 65.3 Å². The second kappa shape index (κ2) is 5.66. The molecule has 2 rings (SSSR count). The normalized spacial score (nSPS) is 26.3. The number of rotatable bonds is 4. The lowest BCUT2D eigenvalue weighted by atomic mass is 9.96. The second-order valence-corrected chi connectivity index (χ2v) is 4.90. The molecule has 2 atom stereocenters. The van der Waals surface area contributed by atoms with E-state index in [9.17, 15) is 9.50 Å². The number of ether oxygens (including phenoxy) is 1. The minimum absolute atomic E-state index is 0.0376. The van der Waals surface area contributed by atoms with Crippen molar-refractivity contribution in [2.45, 2.75) is 31.6 Å². The molecule has 1 aliphatic heterocycles. The highest BCUT2D eigenvalue weighted by molar-refractivity contribution is 5.34. The van der Waals surface area contributed by atoms with Gasteiger partial charge in [0, 0.05) is 26.1 Å². The first-order chi connectivity index (χ1) is 9.05. The third kappa shape index (κ3) is 3.10. The van der Waals surface area contributed by atoms with Crippen molar-refractivity contribution >= 4 is 0 Å². The Hall–Kier alpha value is -1.48. The molecule has 1 aromatic carbocycles. The summed E-state index contributed by atoms with van der Waals surface area (Å²) in [5.74, 6) is -0.511. The number of hydrogen-bond donors (Lipinski definition) is 2. The number of halogens is 1. The number of hydrogen-bond acceptors (Lipinski definition) is 4. The molecule has 5 heteroatoms. The number of nitrogens with one attached hydrogen (secondary N) is 1. The van der Waals surface area contributed by atoms with Crippen molar-refractivity contribution in [3.8, 4) is 6.07 Å². The first-order valence-corrected chi connectivity index (χ1v) is 6.28. The lowest BCUT2D eigenvalue weighted by Crippen LogP contribution is -2.45. The summed E-state index contributed by atoms with van der Waals surface area (Å²) >= 11 is 0. The minimum Gasteiger partial charge on any atom is -0.386 e. The molecule has 2 N–H and O–H groups in total. The maximum absolute atomic E-state index is 13.2. The second-order valence-electron chi connectivity index (χ2n) is 4.90. The van der Waals surface area contributed by atoms with Crippen LogP contribution in [0.3, 0.4) is 0 Å². The van der Waals surface area contributed by atoms with E-state index in [4.69, 9.17) is 10.00 Å². The average molecular weight is 264 g/mol. The van der Waals surface area contributed by atoms with Crippen molar-refractivity contribution < 1.29 is 14.2 Å². The molecular formula is C14H17FN2O2. The highest BCUT2D eigenvalue weighted by atomic mass is 19.1. The van der Waals surface area contributed by atoms with Crippen molar-refractivity contribution in [3.63, 3.8) is 0 Å². The van der Waals surface area contributed by atoms with E-state index in [0.29, 0.717) is 26.1 Å². The van der Waals surface area contributed by atoms with Gasteiger partial charge in [0.25, 0.3) is 0 Å². The SMILES string of the molecule is CC1OCCC1(O)CNCc1ccc(F)c(C#N)c1. The smallest absolute Gasteiger partial charge is 0.140 e. The van der Waals surface area contributed by atoms with Crippen LogP contribution < -0.4 is 5.32 Å². The summed E-state index contributed by atoms with van der Waals surface area (Å²) in [6.07, 6.45) is 0.413. The van der Waals surface area contributed by atoms with E-state index in [0.717, 1.165) is 5.56 Å². The van der Waals surface area contributed by atoms with Crippen LogP contribution in [-0.2, 0) is 11.3 Å². The first kappa shape index (κ1) is 13.9. The molecule has 4 nitrogen and oxygen atoms in total. The molecule has 1 aromatic rings. The van der Waals surface area contributed by atoms with E-state index in [-0.39, 0.29) is 11.7 Å². The van der Waals surface area contributed by atoms with Crippen LogP contribution in [-0.4, -0.2) is 30.0 Å². The predicted octanol–water partition coefficient (Wildman–Crippen LogP) is 1.33. The van der Waals surface area contributed by atoms with Gasteiger partial charge in [-0.15, -0.1) is 0 Å². The van der Waals surface area contributed by atoms with Crippen LogP contribution in [0.5, 0.6) is 0 Å². The van der Waals surface area contributed by atoms with E-state index in [1.165, 1.54) is 12.1 Å². The fraction of sp³-hybridized carbons (Fsp3) is 0.500. The zero-order valence-corrected chi connectivity index (χ0v) is 10.8. The standard InChI is InChI=1S/C14H17FN2O2/c1-10-14(18,4-5-19-10)9-17-8-11-2-3-13(15)12(6-11)7-16/h2-3,6,10,17-18H,4-5,8-9H2,1H3. The third-order valence-corrected chi connectivity index (χ3v) is 3.57. The van der Waals surface area contributed by atoms with Gasteiger partial charge in [-0.25, -0.2) is 4.39 Å². The number of nitrogens with zero attached hydrogens (tertiary/aromatic N) is 1. The van der Waals surface area contributed by atoms with Crippen LogP contribution in [0.15, 0.2) is 18.2 Å². The molecule has 0 spiro atoms. The molecule has 1 fully saturated rings. The fourth-order valence-electron chi connectivity index (χ4n) is 2.19. The monoisotopic (exact) mass is 264 g/mol. The van der Waals surface area contributed by atoms with E-state index in [1.807, 2.05) is 13.0 Å². The Labute approximate surface area is 111 Å². The Morgan fingerprint density at radius 3 is 3.05 bits per heavy atom. The molecule has 2 unspecified atom stereocenters. The van der Waals surface area contributed by atoms with Gasteiger partial charge >= 0.3 is 0 Å². The van der Waals surface area contributed by atoms with Crippen molar-refractivity contribution in [2.75, 3.05) is 13.2 Å². The summed E-state index contributed by atoms with van der Waals surface area (Å²) in [6, 6.07) is 6.23. The van der Waals surface area contributed by atoms with Crippen LogP contribution in [0.4, 0.5) is 4.39 Å². The van der Waals surface area contributed by atoms with Crippen LogP contribution in [0, 0.1) is 17.1 Å². The number of aliphatic hydroxyl groups is 1. The van der Waals surface area contributed by atoms with E-state index in [1.54, 1.807) is 6.07 Å². The van der Waals surface area contributed by atoms with Gasteiger partial charge in [-0.3, -0.25) is 0 Å². The third-order valence-electron chi connectivity index (χ3n) is 3.57. The summed E-state index contributed by atoms with van der Waals surface area (Å²) in [5, 5.41) is 22.2. The van der Waals surface area contributed by atoms with Gasteiger partial charge in [0.15, 0.2) is 0 Å². The molecule has 0 aliphatic carbocycles. The van der Waals surface area contributed by atoms with Crippen LogP contribution in [0.1, 0.15) is 24.5 Å². The molecule has 19 heavy (non-hydrogen) atoms. The van der Waals surface area contributed by atoms with Crippen molar-refractivity contribution in [1.29, 1.82) is 5.26 Å². The Morgan fingerprint density at radius 2 is 2.42 bits per heavy atom. The summed E-state index contributed by atoms with van der Waals surface area (Å²) in [7, 11) is 0. The molecule has 0 bridgehead atoms. The molecule has 1 saturated heterocycles. The predicted molar refractivity (Wildman–Crippen MR) is 67.8 cm³/mol. The zero-order chi connectivity index (χ0) is 13.9. The van der Waals surface area contributed by atoms with Gasteiger partial charge in [0.05, 0.1) is 11.7 Å². The van der Waals surface area contributed by atoms with Crippen molar-refractivity contribution in [1.82, 2.24) is 5.32 Å². The van der Waals surface area contributed by atoms with E-state index >= 15 is 0 Å². The Kier molecular flexibility index (Phi) is 4.15. The molecule has 102 valence electrons. The molecule has 1 heterocycles. The molecule has 0 saturated carbocycles. The Bertz CT molecular complexity index is 501. The van der Waals surface area contributed by atoms with Gasteiger partial charge in [0.1, 0.15) is 17.5 Å². The summed E-state index contributed by atoms with van der Waals surface area (Å²) in [4.78, 5) is 0. The zero-order valence-electron chi connectivity index (χ0n) is 10.8. The Balaban J connectivity index is 1.91. The molecule has 0 radical (unpaired) electrons. The summed E-state index contributed by atoms with van der Waals surface area (Å²) < 4.78 is 18.5. The number of benzene rings is 1. The summed E-state index contributed by atoms with van der Waals surface area (Å²) in [6.45, 7) is 3.30. The molecule has 1 aliphatic rings. The highest BCUT2D eigenvalue weighted by Crippen LogP contribution is 2.24. The maximum atomic E-state index is 13.2. The minimum atomic E-state index is -0.849. The van der Waals surface area contributed by atoms with Gasteiger partial charge < -0.3 is 15.2 Å². The first-order valence-electron chi connectivity index (χ1n) is 6.28. The van der Waals surface area contributed by atoms with E-state index < -0.39 is 11.4 Å². The average Bonchev–Trinajstić information content (AvgIpc) is 2.72. The molecule has 0 amide bonds. The molecule has 0 aromatic heterocycles. The fourth-order valence-corrected chi connectivity index (χ4v) is 2.19. The van der Waals surface area contributed by atoms with Gasteiger partial charge in [0.2, 0.25) is 0 Å². The van der Waals surface area contributed by atoms with Crippen LogP contribution in [0.25, 0.3) is 0 Å². The molecular weight excluding hydrogens is 247 g/mol. The lowest BCUT2D eigenvalue weighted by molar-refractivity contribution is -0.0262. The number of nitriles is 1.